The van der Waals surface area contributed by atoms with Gasteiger partial charge in [-0.1, -0.05) is 6.07 Å². The van der Waals surface area contributed by atoms with Crippen LogP contribution < -0.4 is 16.0 Å². The van der Waals surface area contributed by atoms with E-state index in [2.05, 4.69) is 16.0 Å². The number of rotatable bonds is 6. The van der Waals surface area contributed by atoms with Gasteiger partial charge >= 0.3 is 6.03 Å². The topological polar surface area (TPSA) is 83.4 Å². The highest BCUT2D eigenvalue weighted by Crippen LogP contribution is 2.14. The van der Waals surface area contributed by atoms with Crippen LogP contribution in [0.1, 0.15) is 10.6 Å². The maximum Gasteiger partial charge on any atom is 0.319 e. The molecule has 2 heterocycles. The molecule has 132 valence electrons. The highest BCUT2D eigenvalue weighted by molar-refractivity contribution is 7.10. The molecule has 0 saturated carbocycles. The number of carbonyl (C=O) groups excluding carboxylic acids is 2. The quantitative estimate of drug-likeness (QED) is 0.568. The van der Waals surface area contributed by atoms with Crippen molar-refractivity contribution in [2.75, 3.05) is 10.6 Å². The predicted molar refractivity (Wildman–Crippen MR) is 103 cm³/mol. The molecule has 0 atom stereocenters. The second-order valence-electron chi connectivity index (χ2n) is 5.30. The molecule has 1 aromatic carbocycles. The highest BCUT2D eigenvalue weighted by atomic mass is 32.1. The molecule has 3 amide bonds. The van der Waals surface area contributed by atoms with Crippen LogP contribution in [0.15, 0.2) is 70.7 Å². The summed E-state index contributed by atoms with van der Waals surface area (Å²) in [7, 11) is 0. The van der Waals surface area contributed by atoms with Crippen molar-refractivity contribution >= 4 is 40.7 Å². The van der Waals surface area contributed by atoms with Crippen LogP contribution in [-0.2, 0) is 11.3 Å². The normalized spacial score (nSPS) is 10.6. The Morgan fingerprint density at radius 3 is 2.42 bits per heavy atom. The van der Waals surface area contributed by atoms with Crippen LogP contribution in [0.3, 0.4) is 0 Å². The van der Waals surface area contributed by atoms with Gasteiger partial charge in [0.05, 0.1) is 12.8 Å². The molecule has 26 heavy (non-hydrogen) atoms. The summed E-state index contributed by atoms with van der Waals surface area (Å²) in [4.78, 5) is 24.7. The van der Waals surface area contributed by atoms with Crippen molar-refractivity contribution in [3.8, 4) is 0 Å². The molecular weight excluding hydrogens is 350 g/mol. The number of furan rings is 1. The van der Waals surface area contributed by atoms with E-state index in [1.807, 2.05) is 17.5 Å². The Bertz CT molecular complexity index is 869. The zero-order chi connectivity index (χ0) is 18.2. The number of carbonyl (C=O) groups is 2. The van der Waals surface area contributed by atoms with Crippen molar-refractivity contribution in [1.82, 2.24) is 5.32 Å². The first-order chi connectivity index (χ1) is 12.7. The molecule has 0 saturated heterocycles. The molecule has 0 aliphatic rings. The largest absolute Gasteiger partial charge is 0.467 e. The molecule has 0 fully saturated rings. The average Bonchev–Trinajstić information content (AvgIpc) is 3.34. The lowest BCUT2D eigenvalue weighted by Gasteiger charge is -2.08. The summed E-state index contributed by atoms with van der Waals surface area (Å²) < 4.78 is 5.14. The lowest BCUT2D eigenvalue weighted by molar-refractivity contribution is -0.111. The molecule has 6 nitrogen and oxygen atoms in total. The number of hydrogen-bond donors (Lipinski definition) is 3. The minimum Gasteiger partial charge on any atom is -0.467 e. The van der Waals surface area contributed by atoms with E-state index in [1.54, 1.807) is 60.1 Å². The van der Waals surface area contributed by atoms with Gasteiger partial charge in [-0.05, 0) is 53.9 Å². The second kappa shape index (κ2) is 8.68. The fraction of sp³-hybridized carbons (Fsp3) is 0.0526. The fourth-order valence-electron chi connectivity index (χ4n) is 2.12. The Kier molecular flexibility index (Phi) is 5.84. The number of thiophene rings is 1. The van der Waals surface area contributed by atoms with Crippen molar-refractivity contribution in [3.05, 3.63) is 76.9 Å². The van der Waals surface area contributed by atoms with E-state index in [-0.39, 0.29) is 11.9 Å². The van der Waals surface area contributed by atoms with Gasteiger partial charge in [0.15, 0.2) is 0 Å². The summed E-state index contributed by atoms with van der Waals surface area (Å²) in [5.41, 5.74) is 1.27. The molecule has 0 unspecified atom stereocenters. The molecule has 3 N–H and O–H groups in total. The standard InChI is InChI=1S/C19H17N3O3S/c23-18(10-9-17-4-2-12-26-17)21-14-5-7-15(8-6-14)22-19(24)20-13-16-3-1-11-25-16/h1-12H,13H2,(H,21,23)(H2,20,22,24)/b10-9+. The van der Waals surface area contributed by atoms with E-state index in [9.17, 15) is 9.59 Å². The third-order valence-electron chi connectivity index (χ3n) is 3.36. The van der Waals surface area contributed by atoms with E-state index >= 15 is 0 Å². The number of anilines is 2. The fourth-order valence-corrected chi connectivity index (χ4v) is 2.74. The summed E-state index contributed by atoms with van der Waals surface area (Å²) in [6, 6.07) is 13.9. The Balaban J connectivity index is 1.46. The van der Waals surface area contributed by atoms with Crippen molar-refractivity contribution in [3.63, 3.8) is 0 Å². The summed E-state index contributed by atoms with van der Waals surface area (Å²) in [6.07, 6.45) is 4.80. The summed E-state index contributed by atoms with van der Waals surface area (Å²) in [5, 5.41) is 10.1. The maximum absolute atomic E-state index is 11.9. The monoisotopic (exact) mass is 367 g/mol. The summed E-state index contributed by atoms with van der Waals surface area (Å²) >= 11 is 1.56. The molecule has 0 spiro atoms. The molecule has 3 rings (SSSR count). The van der Waals surface area contributed by atoms with E-state index in [0.29, 0.717) is 23.7 Å². The Morgan fingerprint density at radius 2 is 1.77 bits per heavy atom. The number of hydrogen-bond acceptors (Lipinski definition) is 4. The molecule has 2 aromatic heterocycles. The SMILES string of the molecule is O=C(/C=C/c1cccs1)Nc1ccc(NC(=O)NCc2ccco2)cc1. The zero-order valence-corrected chi connectivity index (χ0v) is 14.6. The van der Waals surface area contributed by atoms with Crippen molar-refractivity contribution < 1.29 is 14.0 Å². The number of urea groups is 1. The van der Waals surface area contributed by atoms with Crippen LogP contribution in [0.2, 0.25) is 0 Å². The predicted octanol–water partition coefficient (Wildman–Crippen LogP) is 4.31. The van der Waals surface area contributed by atoms with Crippen molar-refractivity contribution in [2.45, 2.75) is 6.54 Å². The van der Waals surface area contributed by atoms with Gasteiger partial charge < -0.3 is 20.4 Å². The van der Waals surface area contributed by atoms with Gasteiger partial charge in [0.1, 0.15) is 5.76 Å². The van der Waals surface area contributed by atoms with E-state index in [1.165, 1.54) is 6.08 Å². The van der Waals surface area contributed by atoms with Gasteiger partial charge in [-0.15, -0.1) is 11.3 Å². The van der Waals surface area contributed by atoms with Crippen LogP contribution in [0.4, 0.5) is 16.2 Å². The van der Waals surface area contributed by atoms with Crippen LogP contribution in [0.25, 0.3) is 6.08 Å². The number of nitrogens with one attached hydrogen (secondary N) is 3. The van der Waals surface area contributed by atoms with Crippen LogP contribution >= 0.6 is 11.3 Å². The Labute approximate surface area is 154 Å². The molecule has 0 radical (unpaired) electrons. The summed E-state index contributed by atoms with van der Waals surface area (Å²) in [5.74, 6) is 0.462. The first-order valence-corrected chi connectivity index (χ1v) is 8.77. The molecule has 3 aromatic rings. The van der Waals surface area contributed by atoms with E-state index < -0.39 is 0 Å². The zero-order valence-electron chi connectivity index (χ0n) is 13.8. The van der Waals surface area contributed by atoms with Crippen LogP contribution in [0, 0.1) is 0 Å². The summed E-state index contributed by atoms with van der Waals surface area (Å²) in [6.45, 7) is 0.309. The van der Waals surface area contributed by atoms with Gasteiger partial charge in [-0.25, -0.2) is 4.79 Å². The first kappa shape index (κ1) is 17.5. The lowest BCUT2D eigenvalue weighted by Crippen LogP contribution is -2.27. The van der Waals surface area contributed by atoms with Gasteiger partial charge in [0.25, 0.3) is 0 Å². The second-order valence-corrected chi connectivity index (χ2v) is 6.28. The lowest BCUT2D eigenvalue weighted by atomic mass is 10.2. The Hall–Kier alpha value is -3.32. The van der Waals surface area contributed by atoms with Gasteiger partial charge in [0, 0.05) is 22.3 Å². The van der Waals surface area contributed by atoms with Gasteiger partial charge in [-0.3, -0.25) is 4.79 Å². The molecular formula is C19H17N3O3S. The van der Waals surface area contributed by atoms with Crippen molar-refractivity contribution in [1.29, 1.82) is 0 Å². The van der Waals surface area contributed by atoms with Crippen LogP contribution in [-0.4, -0.2) is 11.9 Å². The molecule has 0 aliphatic carbocycles. The van der Waals surface area contributed by atoms with Gasteiger partial charge in [-0.2, -0.15) is 0 Å². The molecule has 0 aliphatic heterocycles. The molecule has 7 heteroatoms. The number of benzene rings is 1. The third-order valence-corrected chi connectivity index (χ3v) is 4.19. The van der Waals surface area contributed by atoms with E-state index in [0.717, 1.165) is 4.88 Å². The van der Waals surface area contributed by atoms with Crippen LogP contribution in [0.5, 0.6) is 0 Å². The van der Waals surface area contributed by atoms with Gasteiger partial charge in [0.2, 0.25) is 5.91 Å². The minimum atomic E-state index is -0.336. The number of amides is 3. The third kappa shape index (κ3) is 5.35. The highest BCUT2D eigenvalue weighted by Gasteiger charge is 2.04. The molecule has 0 bridgehead atoms. The minimum absolute atomic E-state index is 0.213. The maximum atomic E-state index is 11.9. The first-order valence-electron chi connectivity index (χ1n) is 7.89. The Morgan fingerprint density at radius 1 is 1.00 bits per heavy atom. The van der Waals surface area contributed by atoms with E-state index in [4.69, 9.17) is 4.42 Å². The average molecular weight is 367 g/mol. The van der Waals surface area contributed by atoms with Crippen molar-refractivity contribution in [2.24, 2.45) is 0 Å². The smallest absolute Gasteiger partial charge is 0.319 e.